The van der Waals surface area contributed by atoms with Gasteiger partial charge in [-0.15, -0.1) is 0 Å². The fourth-order valence-corrected chi connectivity index (χ4v) is 1.50. The van der Waals surface area contributed by atoms with Crippen molar-refractivity contribution in [2.75, 3.05) is 18.6 Å². The predicted octanol–water partition coefficient (Wildman–Crippen LogP) is 0.598. The van der Waals surface area contributed by atoms with Gasteiger partial charge in [0.05, 0.1) is 0 Å². The van der Waals surface area contributed by atoms with Crippen LogP contribution in [0.2, 0.25) is 0 Å². The Hall–Kier alpha value is -0.420. The van der Waals surface area contributed by atoms with E-state index in [1.54, 1.807) is 6.26 Å². The van der Waals surface area contributed by atoms with Gasteiger partial charge in [-0.25, -0.2) is 0 Å². The van der Waals surface area contributed by atoms with Gasteiger partial charge in [-0.05, 0) is 6.42 Å². The lowest BCUT2D eigenvalue weighted by atomic mass is 10.1. The molecule has 0 aromatic heterocycles. The lowest BCUT2D eigenvalue weighted by molar-refractivity contribution is -0.139. The fraction of sp³-hybridized carbons (Fsp3) is 0.889. The monoisotopic (exact) mass is 221 g/mol. The van der Waals surface area contributed by atoms with Crippen LogP contribution in [-0.2, 0) is 15.6 Å². The molecule has 2 N–H and O–H groups in total. The zero-order valence-electron chi connectivity index (χ0n) is 8.78. The maximum Gasteiger partial charge on any atom is 0.320 e. The molecule has 0 aliphatic carbocycles. The minimum Gasteiger partial charge on any atom is -0.480 e. The summed E-state index contributed by atoms with van der Waals surface area (Å²) in [4.78, 5) is 10.7. The van der Waals surface area contributed by atoms with Gasteiger partial charge in [-0.2, -0.15) is 0 Å². The largest absolute Gasteiger partial charge is 0.480 e. The van der Waals surface area contributed by atoms with E-state index in [-0.39, 0.29) is 0 Å². The van der Waals surface area contributed by atoms with E-state index >= 15 is 0 Å². The summed E-state index contributed by atoms with van der Waals surface area (Å²) in [5.41, 5.74) is 0. The van der Waals surface area contributed by atoms with Crippen molar-refractivity contribution in [3.05, 3.63) is 0 Å². The average molecular weight is 221 g/mol. The summed E-state index contributed by atoms with van der Waals surface area (Å²) in [5.74, 6) is -0.309. The second-order valence-corrected chi connectivity index (χ2v) is 4.82. The third-order valence-electron chi connectivity index (χ3n) is 1.92. The summed E-state index contributed by atoms with van der Waals surface area (Å²) in [6, 6.07) is -0.488. The van der Waals surface area contributed by atoms with Gasteiger partial charge in [-0.1, -0.05) is 19.8 Å². The van der Waals surface area contributed by atoms with Crippen molar-refractivity contribution in [1.82, 2.24) is 5.32 Å². The van der Waals surface area contributed by atoms with Crippen molar-refractivity contribution in [1.29, 1.82) is 0 Å². The standard InChI is InChI=1S/C9H19NO3S/c1-3-4-5-8(9(11)12)10-6-7-14(2)13/h8,10H,3-7H2,1-2H3,(H,11,12). The van der Waals surface area contributed by atoms with E-state index in [0.29, 0.717) is 18.7 Å². The number of carbonyl (C=O) groups is 1. The number of aliphatic carboxylic acids is 1. The molecule has 2 unspecified atom stereocenters. The highest BCUT2D eigenvalue weighted by Crippen LogP contribution is 2.00. The van der Waals surface area contributed by atoms with Crippen molar-refractivity contribution in [3.63, 3.8) is 0 Å². The Morgan fingerprint density at radius 2 is 2.21 bits per heavy atom. The van der Waals surface area contributed by atoms with E-state index in [1.807, 2.05) is 6.92 Å². The Morgan fingerprint density at radius 1 is 1.57 bits per heavy atom. The minimum absolute atomic E-state index is 0.488. The van der Waals surface area contributed by atoms with E-state index in [0.717, 1.165) is 12.8 Å². The summed E-state index contributed by atoms with van der Waals surface area (Å²) in [5, 5.41) is 11.7. The minimum atomic E-state index is -0.856. The van der Waals surface area contributed by atoms with Gasteiger partial charge in [0, 0.05) is 29.4 Å². The van der Waals surface area contributed by atoms with Gasteiger partial charge in [0.2, 0.25) is 0 Å². The van der Waals surface area contributed by atoms with Gasteiger partial charge in [0.25, 0.3) is 0 Å². The van der Waals surface area contributed by atoms with Gasteiger partial charge in [0.1, 0.15) is 6.04 Å². The van der Waals surface area contributed by atoms with Crippen molar-refractivity contribution < 1.29 is 14.1 Å². The molecule has 0 bridgehead atoms. The Kier molecular flexibility index (Phi) is 7.70. The molecule has 0 aromatic carbocycles. The van der Waals surface area contributed by atoms with E-state index in [9.17, 15) is 9.00 Å². The maximum atomic E-state index is 10.7. The molecule has 0 radical (unpaired) electrons. The molecule has 4 nitrogen and oxygen atoms in total. The Morgan fingerprint density at radius 3 is 2.64 bits per heavy atom. The lowest BCUT2D eigenvalue weighted by Crippen LogP contribution is -2.38. The second-order valence-electron chi connectivity index (χ2n) is 3.26. The van der Waals surface area contributed by atoms with Crippen LogP contribution in [0.4, 0.5) is 0 Å². The van der Waals surface area contributed by atoms with Crippen molar-refractivity contribution in [2.45, 2.75) is 32.2 Å². The van der Waals surface area contributed by atoms with Crippen LogP contribution in [0.3, 0.4) is 0 Å². The zero-order chi connectivity index (χ0) is 11.0. The third-order valence-corrected chi connectivity index (χ3v) is 2.70. The molecule has 84 valence electrons. The highest BCUT2D eigenvalue weighted by Gasteiger charge is 2.15. The van der Waals surface area contributed by atoms with E-state index in [1.165, 1.54) is 0 Å². The van der Waals surface area contributed by atoms with Gasteiger partial charge in [-0.3, -0.25) is 9.00 Å². The van der Waals surface area contributed by atoms with Gasteiger partial charge in [0.15, 0.2) is 0 Å². The van der Waals surface area contributed by atoms with Gasteiger partial charge < -0.3 is 10.4 Å². The molecule has 0 amide bonds. The van der Waals surface area contributed by atoms with E-state index in [4.69, 9.17) is 5.11 Å². The summed E-state index contributed by atoms with van der Waals surface area (Å²) in [6.45, 7) is 2.53. The van der Waals surface area contributed by atoms with Crippen LogP contribution in [0.25, 0.3) is 0 Å². The highest BCUT2D eigenvalue weighted by molar-refractivity contribution is 7.84. The summed E-state index contributed by atoms with van der Waals surface area (Å²) >= 11 is 0. The summed E-state index contributed by atoms with van der Waals surface area (Å²) in [7, 11) is -0.856. The molecule has 0 rings (SSSR count). The molecule has 0 heterocycles. The molecule has 0 aliphatic rings. The molecular weight excluding hydrogens is 202 g/mol. The van der Waals surface area contributed by atoms with Crippen molar-refractivity contribution >= 4 is 16.8 Å². The first kappa shape index (κ1) is 13.6. The van der Waals surface area contributed by atoms with Crippen LogP contribution in [0, 0.1) is 0 Å². The average Bonchev–Trinajstić information content (AvgIpc) is 2.09. The van der Waals surface area contributed by atoms with Crippen LogP contribution < -0.4 is 5.32 Å². The van der Waals surface area contributed by atoms with Crippen molar-refractivity contribution in [3.8, 4) is 0 Å². The van der Waals surface area contributed by atoms with E-state index < -0.39 is 22.8 Å². The Balaban J connectivity index is 3.73. The Bertz CT molecular complexity index is 196. The predicted molar refractivity (Wildman–Crippen MR) is 57.9 cm³/mol. The van der Waals surface area contributed by atoms with Crippen LogP contribution in [-0.4, -0.2) is 39.9 Å². The number of rotatable bonds is 8. The molecule has 5 heteroatoms. The maximum absolute atomic E-state index is 10.7. The molecule has 0 saturated heterocycles. The summed E-state index contributed by atoms with van der Waals surface area (Å²) in [6.07, 6.45) is 4.15. The van der Waals surface area contributed by atoms with Crippen LogP contribution in [0.15, 0.2) is 0 Å². The first-order chi connectivity index (χ1) is 6.57. The third kappa shape index (κ3) is 7.03. The molecule has 0 saturated carbocycles. The number of hydrogen-bond donors (Lipinski definition) is 2. The topological polar surface area (TPSA) is 66.4 Å². The molecular formula is C9H19NO3S. The zero-order valence-corrected chi connectivity index (χ0v) is 9.60. The van der Waals surface area contributed by atoms with Crippen LogP contribution in [0.5, 0.6) is 0 Å². The molecule has 0 aliphatic heterocycles. The molecule has 0 spiro atoms. The van der Waals surface area contributed by atoms with Crippen molar-refractivity contribution in [2.24, 2.45) is 0 Å². The summed E-state index contributed by atoms with van der Waals surface area (Å²) < 4.78 is 10.7. The number of unbranched alkanes of at least 4 members (excludes halogenated alkanes) is 1. The van der Waals surface area contributed by atoms with Crippen LogP contribution in [0.1, 0.15) is 26.2 Å². The van der Waals surface area contributed by atoms with E-state index in [2.05, 4.69) is 5.32 Å². The smallest absolute Gasteiger partial charge is 0.320 e. The highest BCUT2D eigenvalue weighted by atomic mass is 32.2. The number of hydrogen-bond acceptors (Lipinski definition) is 3. The molecule has 14 heavy (non-hydrogen) atoms. The first-order valence-corrected chi connectivity index (χ1v) is 6.56. The van der Waals surface area contributed by atoms with Crippen LogP contribution >= 0.6 is 0 Å². The quantitative estimate of drug-likeness (QED) is 0.630. The molecule has 0 fully saturated rings. The normalized spacial score (nSPS) is 15.0. The number of nitrogens with one attached hydrogen (secondary N) is 1. The molecule has 2 atom stereocenters. The second kappa shape index (κ2) is 7.94. The fourth-order valence-electron chi connectivity index (χ4n) is 1.10. The first-order valence-electron chi connectivity index (χ1n) is 4.84. The number of carboxylic acid groups (broad SMARTS) is 1. The lowest BCUT2D eigenvalue weighted by Gasteiger charge is -2.12. The SMILES string of the molecule is CCCCC(NCCS(C)=O)C(=O)O. The Labute approximate surface area is 87.5 Å². The number of carboxylic acids is 1. The molecule has 0 aromatic rings. The van der Waals surface area contributed by atoms with Gasteiger partial charge >= 0.3 is 5.97 Å².